The molecule has 2 amide bonds. The van der Waals surface area contributed by atoms with Crippen LogP contribution in [0.1, 0.15) is 33.6 Å². The van der Waals surface area contributed by atoms with E-state index in [4.69, 9.17) is 5.11 Å². The van der Waals surface area contributed by atoms with Crippen LogP contribution in [-0.4, -0.2) is 46.7 Å². The van der Waals surface area contributed by atoms with Gasteiger partial charge in [0.15, 0.2) is 0 Å². The summed E-state index contributed by atoms with van der Waals surface area (Å²) in [5, 5.41) is 22.6. The number of carbonyl (C=O) groups is 3. The first-order chi connectivity index (χ1) is 8.83. The summed E-state index contributed by atoms with van der Waals surface area (Å²) >= 11 is 0. The molecule has 0 aromatic heterocycles. The summed E-state index contributed by atoms with van der Waals surface area (Å²) in [7, 11) is 0. The number of aliphatic carboxylic acids is 1. The lowest BCUT2D eigenvalue weighted by molar-refractivity contribution is -0.139. The highest BCUT2D eigenvalue weighted by Gasteiger charge is 2.27. The van der Waals surface area contributed by atoms with E-state index < -0.39 is 36.5 Å². The highest BCUT2D eigenvalue weighted by Crippen LogP contribution is 2.08. The van der Waals surface area contributed by atoms with Crippen LogP contribution < -0.4 is 10.6 Å². The highest BCUT2D eigenvalue weighted by atomic mass is 16.4. The molecule has 4 N–H and O–H groups in total. The number of rotatable bonds is 8. The lowest BCUT2D eigenvalue weighted by Gasteiger charge is -2.24. The summed E-state index contributed by atoms with van der Waals surface area (Å²) in [6.07, 6.45) is -0.289. The van der Waals surface area contributed by atoms with Gasteiger partial charge in [0, 0.05) is 0 Å². The third-order valence-electron chi connectivity index (χ3n) is 2.90. The fraction of sp³-hybridized carbons (Fsp3) is 0.750. The fourth-order valence-corrected chi connectivity index (χ4v) is 1.41. The Hall–Kier alpha value is -1.63. The fourth-order valence-electron chi connectivity index (χ4n) is 1.41. The summed E-state index contributed by atoms with van der Waals surface area (Å²) in [4.78, 5) is 33.8. The summed E-state index contributed by atoms with van der Waals surface area (Å²) in [6.45, 7) is 4.76. The molecule has 7 nitrogen and oxygen atoms in total. The zero-order valence-corrected chi connectivity index (χ0v) is 11.5. The first kappa shape index (κ1) is 17.4. The number of aliphatic hydroxyl groups is 1. The molecule has 0 spiro atoms. The number of hydrogen-bond acceptors (Lipinski definition) is 4. The van der Waals surface area contributed by atoms with Gasteiger partial charge in [0.1, 0.15) is 18.7 Å². The summed E-state index contributed by atoms with van der Waals surface area (Å²) in [6, 6.07) is -0.849. The maximum Gasteiger partial charge on any atom is 0.322 e. The van der Waals surface area contributed by atoms with Crippen molar-refractivity contribution in [3.8, 4) is 0 Å². The van der Waals surface area contributed by atoms with Gasteiger partial charge < -0.3 is 20.8 Å². The minimum absolute atomic E-state index is 0.165. The predicted molar refractivity (Wildman–Crippen MR) is 68.3 cm³/mol. The van der Waals surface area contributed by atoms with Crippen LogP contribution in [-0.2, 0) is 14.4 Å². The first-order valence-corrected chi connectivity index (χ1v) is 6.31. The van der Waals surface area contributed by atoms with E-state index in [2.05, 4.69) is 10.6 Å². The summed E-state index contributed by atoms with van der Waals surface area (Å²) in [5.74, 6) is -2.51. The Labute approximate surface area is 112 Å². The third kappa shape index (κ3) is 6.19. The number of carboxylic acid groups (broad SMARTS) is 1. The van der Waals surface area contributed by atoms with Crippen molar-refractivity contribution in [2.45, 2.75) is 45.8 Å². The SMILES string of the molecule is CCC(O)C(=O)N[C@H](C(=O)NCC(=O)O)[C@@H](C)CC. The Balaban J connectivity index is 4.67. The average Bonchev–Trinajstić information content (AvgIpc) is 2.39. The number of carbonyl (C=O) groups excluding carboxylic acids is 2. The van der Waals surface area contributed by atoms with E-state index in [1.807, 2.05) is 6.92 Å². The van der Waals surface area contributed by atoms with Gasteiger partial charge in [-0.3, -0.25) is 14.4 Å². The lowest BCUT2D eigenvalue weighted by Crippen LogP contribution is -2.53. The van der Waals surface area contributed by atoms with Crippen molar-refractivity contribution in [3.63, 3.8) is 0 Å². The van der Waals surface area contributed by atoms with Gasteiger partial charge in [0.05, 0.1) is 0 Å². The molecule has 0 fully saturated rings. The number of nitrogens with one attached hydrogen (secondary N) is 2. The maximum atomic E-state index is 11.8. The predicted octanol–water partition coefficient (Wildman–Crippen LogP) is -0.511. The molecular formula is C12H22N2O5. The Bertz CT molecular complexity index is 332. The van der Waals surface area contributed by atoms with Gasteiger partial charge in [-0.15, -0.1) is 0 Å². The van der Waals surface area contributed by atoms with E-state index in [1.165, 1.54) is 0 Å². The summed E-state index contributed by atoms with van der Waals surface area (Å²) in [5.41, 5.74) is 0. The van der Waals surface area contributed by atoms with Crippen molar-refractivity contribution >= 4 is 17.8 Å². The van der Waals surface area contributed by atoms with E-state index in [-0.39, 0.29) is 12.3 Å². The molecule has 0 aliphatic carbocycles. The molecule has 0 aromatic rings. The molecule has 0 aliphatic rings. The second-order valence-electron chi connectivity index (χ2n) is 4.41. The standard InChI is InChI=1S/C12H22N2O5/c1-4-7(3)10(12(19)13-6-9(16)17)14-11(18)8(15)5-2/h7-8,10,15H,4-6H2,1-3H3,(H,13,19)(H,14,18)(H,16,17)/t7-,8?,10-/m0/s1. The molecule has 0 radical (unpaired) electrons. The van der Waals surface area contributed by atoms with Crippen LogP contribution in [0.5, 0.6) is 0 Å². The Kier molecular flexibility index (Phi) is 7.74. The second kappa shape index (κ2) is 8.47. The number of aliphatic hydroxyl groups excluding tert-OH is 1. The van der Waals surface area contributed by atoms with Crippen LogP contribution in [0, 0.1) is 5.92 Å². The molecule has 0 rings (SSSR count). The molecule has 1 unspecified atom stereocenters. The van der Waals surface area contributed by atoms with E-state index in [1.54, 1.807) is 13.8 Å². The molecule has 0 saturated heterocycles. The van der Waals surface area contributed by atoms with Crippen molar-refractivity contribution < 1.29 is 24.6 Å². The molecule has 0 aliphatic heterocycles. The van der Waals surface area contributed by atoms with Crippen molar-refractivity contribution in [2.24, 2.45) is 5.92 Å². The largest absolute Gasteiger partial charge is 0.480 e. The Morgan fingerprint density at radius 3 is 2.11 bits per heavy atom. The summed E-state index contributed by atoms with van der Waals surface area (Å²) < 4.78 is 0. The highest BCUT2D eigenvalue weighted by molar-refractivity contribution is 5.90. The number of carboxylic acids is 1. The second-order valence-corrected chi connectivity index (χ2v) is 4.41. The van der Waals surface area contributed by atoms with Gasteiger partial charge in [0.25, 0.3) is 0 Å². The normalized spacial score (nSPS) is 15.2. The van der Waals surface area contributed by atoms with Gasteiger partial charge in [-0.05, 0) is 12.3 Å². The number of amides is 2. The topological polar surface area (TPSA) is 116 Å². The molecular weight excluding hydrogens is 252 g/mol. The van der Waals surface area contributed by atoms with Crippen LogP contribution in [0.3, 0.4) is 0 Å². The quantitative estimate of drug-likeness (QED) is 0.476. The van der Waals surface area contributed by atoms with Crippen LogP contribution in [0.4, 0.5) is 0 Å². The van der Waals surface area contributed by atoms with Gasteiger partial charge in [0.2, 0.25) is 11.8 Å². The van der Waals surface area contributed by atoms with Gasteiger partial charge in [-0.2, -0.15) is 0 Å². The smallest absolute Gasteiger partial charge is 0.322 e. The van der Waals surface area contributed by atoms with Crippen molar-refractivity contribution in [3.05, 3.63) is 0 Å². The first-order valence-electron chi connectivity index (χ1n) is 6.31. The minimum Gasteiger partial charge on any atom is -0.480 e. The molecule has 3 atom stereocenters. The molecule has 19 heavy (non-hydrogen) atoms. The van der Waals surface area contributed by atoms with E-state index in [9.17, 15) is 19.5 Å². The number of hydrogen-bond donors (Lipinski definition) is 4. The van der Waals surface area contributed by atoms with Gasteiger partial charge in [-0.1, -0.05) is 27.2 Å². The molecule has 0 bridgehead atoms. The van der Waals surface area contributed by atoms with Crippen LogP contribution >= 0.6 is 0 Å². The van der Waals surface area contributed by atoms with E-state index in [0.717, 1.165) is 0 Å². The van der Waals surface area contributed by atoms with Gasteiger partial charge in [-0.25, -0.2) is 0 Å². The van der Waals surface area contributed by atoms with Gasteiger partial charge >= 0.3 is 5.97 Å². The van der Waals surface area contributed by atoms with Crippen molar-refractivity contribution in [2.75, 3.05) is 6.54 Å². The van der Waals surface area contributed by atoms with Crippen molar-refractivity contribution in [1.29, 1.82) is 0 Å². The average molecular weight is 274 g/mol. The molecule has 0 aromatic carbocycles. The zero-order valence-electron chi connectivity index (χ0n) is 11.5. The van der Waals surface area contributed by atoms with Crippen LogP contribution in [0.25, 0.3) is 0 Å². The Morgan fingerprint density at radius 1 is 1.11 bits per heavy atom. The molecule has 0 heterocycles. The van der Waals surface area contributed by atoms with E-state index in [0.29, 0.717) is 6.42 Å². The van der Waals surface area contributed by atoms with E-state index >= 15 is 0 Å². The Morgan fingerprint density at radius 2 is 1.68 bits per heavy atom. The van der Waals surface area contributed by atoms with Crippen LogP contribution in [0.2, 0.25) is 0 Å². The molecule has 0 saturated carbocycles. The zero-order chi connectivity index (χ0) is 15.0. The minimum atomic E-state index is -1.17. The lowest BCUT2D eigenvalue weighted by atomic mass is 9.98. The van der Waals surface area contributed by atoms with Crippen molar-refractivity contribution in [1.82, 2.24) is 10.6 Å². The third-order valence-corrected chi connectivity index (χ3v) is 2.90. The van der Waals surface area contributed by atoms with Crippen LogP contribution in [0.15, 0.2) is 0 Å². The monoisotopic (exact) mass is 274 g/mol. The molecule has 110 valence electrons. The maximum absolute atomic E-state index is 11.8. The molecule has 7 heteroatoms.